The molecule has 0 radical (unpaired) electrons. The van der Waals surface area contributed by atoms with Crippen molar-refractivity contribution in [2.75, 3.05) is 10.8 Å². The van der Waals surface area contributed by atoms with Gasteiger partial charge in [-0.3, -0.25) is 13.9 Å². The highest BCUT2D eigenvalue weighted by Gasteiger charge is 2.35. The molecule has 1 fully saturated rings. The summed E-state index contributed by atoms with van der Waals surface area (Å²) in [7, 11) is -4.17. The predicted molar refractivity (Wildman–Crippen MR) is 183 cm³/mol. The first-order valence-corrected chi connectivity index (χ1v) is 17.5. The lowest BCUT2D eigenvalue weighted by atomic mass is 10.0. The topological polar surface area (TPSA) is 86.8 Å². The summed E-state index contributed by atoms with van der Waals surface area (Å²) in [6.45, 7) is 3.48. The van der Waals surface area contributed by atoms with Crippen LogP contribution in [0.4, 0.5) is 5.69 Å². The van der Waals surface area contributed by atoms with E-state index in [2.05, 4.69) is 5.32 Å². The van der Waals surface area contributed by atoms with Crippen molar-refractivity contribution in [3.63, 3.8) is 0 Å². The van der Waals surface area contributed by atoms with Crippen molar-refractivity contribution in [1.29, 1.82) is 0 Å². The summed E-state index contributed by atoms with van der Waals surface area (Å²) in [5.41, 5.74) is 3.97. The first kappa shape index (κ1) is 33.2. The zero-order valence-corrected chi connectivity index (χ0v) is 27.8. The van der Waals surface area contributed by atoms with Gasteiger partial charge in [0.05, 0.1) is 10.6 Å². The molecule has 1 atom stereocenters. The maximum Gasteiger partial charge on any atom is 0.264 e. The van der Waals surface area contributed by atoms with Crippen LogP contribution in [0.15, 0.2) is 108 Å². The molecule has 240 valence electrons. The van der Waals surface area contributed by atoms with Crippen molar-refractivity contribution in [3.05, 3.63) is 130 Å². The smallest absolute Gasteiger partial charge is 0.264 e. The van der Waals surface area contributed by atoms with E-state index in [1.165, 1.54) is 12.1 Å². The number of benzene rings is 4. The number of carbonyl (C=O) groups is 2. The highest BCUT2D eigenvalue weighted by molar-refractivity contribution is 7.92. The van der Waals surface area contributed by atoms with Crippen molar-refractivity contribution in [3.8, 4) is 0 Å². The Balaban J connectivity index is 1.56. The molecule has 4 aromatic carbocycles. The number of nitrogens with one attached hydrogen (secondary N) is 1. The van der Waals surface area contributed by atoms with Crippen LogP contribution in [0.2, 0.25) is 5.02 Å². The zero-order chi connectivity index (χ0) is 32.7. The molecular formula is C37H40ClN3O4S. The second-order valence-corrected chi connectivity index (χ2v) is 14.3. The number of hydrogen-bond acceptors (Lipinski definition) is 4. The summed E-state index contributed by atoms with van der Waals surface area (Å²) in [5.74, 6) is -0.731. The predicted octanol–water partition coefficient (Wildman–Crippen LogP) is 6.85. The SMILES string of the molecule is Cc1ccc(S(=O)(=O)N(CC(=O)N(Cc2cccc(C)c2)C(Cc2ccccc2)C(=O)NC2CCCC2)c2ccc(Cl)cc2)cc1. The second kappa shape index (κ2) is 15.0. The standard InChI is InChI=1S/C37H40ClN3O4S/c1-27-15-21-34(22-16-27)46(44,45)41(33-19-17-31(38)18-20-33)26-36(42)40(25-30-12-8-9-28(2)23-30)35(24-29-10-4-3-5-11-29)37(43)39-32-13-6-7-14-32/h3-5,8-12,15-23,32,35H,6-7,13-14,24-26H2,1-2H3,(H,39,43). The van der Waals surface area contributed by atoms with Gasteiger partial charge in [-0.2, -0.15) is 0 Å². The fraction of sp³-hybridized carbons (Fsp3) is 0.297. The van der Waals surface area contributed by atoms with Gasteiger partial charge in [0.1, 0.15) is 12.6 Å². The van der Waals surface area contributed by atoms with Gasteiger partial charge in [-0.25, -0.2) is 8.42 Å². The van der Waals surface area contributed by atoms with E-state index in [1.807, 2.05) is 68.4 Å². The second-order valence-electron chi connectivity index (χ2n) is 12.0. The van der Waals surface area contributed by atoms with E-state index >= 15 is 0 Å². The summed E-state index contributed by atoms with van der Waals surface area (Å²) < 4.78 is 29.4. The van der Waals surface area contributed by atoms with Crippen LogP contribution in [0.3, 0.4) is 0 Å². The molecule has 1 unspecified atom stereocenters. The molecular weight excluding hydrogens is 618 g/mol. The number of halogens is 1. The maximum absolute atomic E-state index is 14.6. The van der Waals surface area contributed by atoms with E-state index < -0.39 is 28.5 Å². The Bertz CT molecular complexity index is 1740. The number of rotatable bonds is 12. The van der Waals surface area contributed by atoms with Crippen LogP contribution in [0.1, 0.15) is 47.9 Å². The molecule has 0 aliphatic heterocycles. The minimum atomic E-state index is -4.17. The highest BCUT2D eigenvalue weighted by atomic mass is 35.5. The normalized spacial score (nSPS) is 14.1. The average Bonchev–Trinajstić information content (AvgIpc) is 3.55. The van der Waals surface area contributed by atoms with Gasteiger partial charge in [-0.15, -0.1) is 0 Å². The number of anilines is 1. The van der Waals surface area contributed by atoms with Gasteiger partial charge in [0.25, 0.3) is 10.0 Å². The summed E-state index contributed by atoms with van der Waals surface area (Å²) >= 11 is 6.16. The number of sulfonamides is 1. The van der Waals surface area contributed by atoms with Crippen LogP contribution in [-0.4, -0.2) is 43.8 Å². The van der Waals surface area contributed by atoms with E-state index in [0.29, 0.717) is 10.7 Å². The molecule has 0 heterocycles. The molecule has 5 rings (SSSR count). The molecule has 1 aliphatic rings. The molecule has 4 aromatic rings. The lowest BCUT2D eigenvalue weighted by Gasteiger charge is -2.34. The van der Waals surface area contributed by atoms with Crippen molar-refractivity contribution in [2.45, 2.75) is 69.5 Å². The van der Waals surface area contributed by atoms with E-state index in [1.54, 1.807) is 41.3 Å². The summed E-state index contributed by atoms with van der Waals surface area (Å²) in [5, 5.41) is 3.65. The Morgan fingerprint density at radius 2 is 1.48 bits per heavy atom. The lowest BCUT2D eigenvalue weighted by Crippen LogP contribution is -2.54. The fourth-order valence-electron chi connectivity index (χ4n) is 5.90. The van der Waals surface area contributed by atoms with Crippen molar-refractivity contribution < 1.29 is 18.0 Å². The molecule has 0 saturated heterocycles. The van der Waals surface area contributed by atoms with Gasteiger partial charge in [0.15, 0.2) is 0 Å². The number of nitrogens with zero attached hydrogens (tertiary/aromatic N) is 2. The van der Waals surface area contributed by atoms with Crippen LogP contribution in [0.5, 0.6) is 0 Å². The summed E-state index contributed by atoms with van der Waals surface area (Å²) in [6, 6.07) is 29.4. The van der Waals surface area contributed by atoms with E-state index in [4.69, 9.17) is 11.6 Å². The van der Waals surface area contributed by atoms with E-state index in [-0.39, 0.29) is 29.8 Å². The molecule has 0 bridgehead atoms. The lowest BCUT2D eigenvalue weighted by molar-refractivity contribution is -0.140. The molecule has 0 aromatic heterocycles. The molecule has 1 N–H and O–H groups in total. The van der Waals surface area contributed by atoms with Crippen LogP contribution in [0.25, 0.3) is 0 Å². The molecule has 9 heteroatoms. The average molecular weight is 658 g/mol. The van der Waals surface area contributed by atoms with Crippen LogP contribution in [0, 0.1) is 13.8 Å². The Hall–Kier alpha value is -4.14. The number of amides is 2. The third-order valence-electron chi connectivity index (χ3n) is 8.41. The van der Waals surface area contributed by atoms with E-state index in [9.17, 15) is 18.0 Å². The molecule has 7 nitrogen and oxygen atoms in total. The maximum atomic E-state index is 14.6. The quantitative estimate of drug-likeness (QED) is 0.181. The Kier molecular flexibility index (Phi) is 10.8. The Morgan fingerprint density at radius 3 is 2.13 bits per heavy atom. The molecule has 0 spiro atoms. The van der Waals surface area contributed by atoms with Gasteiger partial charge in [0, 0.05) is 24.0 Å². The van der Waals surface area contributed by atoms with Gasteiger partial charge in [0.2, 0.25) is 11.8 Å². The Labute approximate surface area is 277 Å². The van der Waals surface area contributed by atoms with Crippen molar-refractivity contribution >= 4 is 39.1 Å². The number of aryl methyl sites for hydroxylation is 2. The Morgan fingerprint density at radius 1 is 0.826 bits per heavy atom. The summed E-state index contributed by atoms with van der Waals surface area (Å²) in [4.78, 5) is 30.3. The van der Waals surface area contributed by atoms with Gasteiger partial charge >= 0.3 is 0 Å². The highest BCUT2D eigenvalue weighted by Crippen LogP contribution is 2.27. The first-order valence-electron chi connectivity index (χ1n) is 15.6. The van der Waals surface area contributed by atoms with Gasteiger partial charge < -0.3 is 10.2 Å². The van der Waals surface area contributed by atoms with Crippen LogP contribution >= 0.6 is 11.6 Å². The van der Waals surface area contributed by atoms with Crippen LogP contribution in [-0.2, 0) is 32.6 Å². The monoisotopic (exact) mass is 657 g/mol. The molecule has 1 aliphatic carbocycles. The van der Waals surface area contributed by atoms with Crippen LogP contribution < -0.4 is 9.62 Å². The van der Waals surface area contributed by atoms with Gasteiger partial charge in [-0.05, 0) is 74.2 Å². The third kappa shape index (κ3) is 8.36. The third-order valence-corrected chi connectivity index (χ3v) is 10.5. The number of hydrogen-bond donors (Lipinski definition) is 1. The van der Waals surface area contributed by atoms with Crippen molar-refractivity contribution in [1.82, 2.24) is 10.2 Å². The minimum absolute atomic E-state index is 0.0502. The zero-order valence-electron chi connectivity index (χ0n) is 26.2. The molecule has 1 saturated carbocycles. The number of carbonyl (C=O) groups excluding carboxylic acids is 2. The largest absolute Gasteiger partial charge is 0.352 e. The first-order chi connectivity index (χ1) is 22.1. The van der Waals surface area contributed by atoms with Gasteiger partial charge in [-0.1, -0.05) is 102 Å². The van der Waals surface area contributed by atoms with E-state index in [0.717, 1.165) is 52.2 Å². The molecule has 2 amide bonds. The fourth-order valence-corrected chi connectivity index (χ4v) is 7.44. The summed E-state index contributed by atoms with van der Waals surface area (Å²) in [6.07, 6.45) is 4.17. The minimum Gasteiger partial charge on any atom is -0.352 e. The van der Waals surface area contributed by atoms with Crippen molar-refractivity contribution in [2.24, 2.45) is 0 Å². The molecule has 46 heavy (non-hydrogen) atoms.